The van der Waals surface area contributed by atoms with Crippen molar-refractivity contribution >= 4 is 77.1 Å². The Morgan fingerprint density at radius 1 is 0.630 bits per heavy atom. The number of hydrogen-bond acceptors (Lipinski definition) is 7. The third-order valence-corrected chi connectivity index (χ3v) is 13.4. The summed E-state index contributed by atoms with van der Waals surface area (Å²) in [4.78, 5) is 28.1. The average molecular weight is 831 g/mol. The van der Waals surface area contributed by atoms with Crippen LogP contribution >= 0.6 is 23.2 Å². The first-order valence-electron chi connectivity index (χ1n) is 15.4. The molecule has 286 valence electrons. The van der Waals surface area contributed by atoms with Crippen LogP contribution in [0.15, 0.2) is 107 Å². The van der Waals surface area contributed by atoms with Gasteiger partial charge in [-0.25, -0.2) is 30.6 Å². The number of fused-ring (bicyclic) bond motifs is 1. The van der Waals surface area contributed by atoms with Crippen LogP contribution in [-0.2, 0) is 35.4 Å². The lowest BCUT2D eigenvalue weighted by atomic mass is 10.1. The van der Waals surface area contributed by atoms with Gasteiger partial charge in [-0.3, -0.25) is 9.59 Å². The highest BCUT2D eigenvalue weighted by Crippen LogP contribution is 2.34. The Balaban J connectivity index is 0.000000241. The number of nitrogens with zero attached hydrogens (tertiary/aromatic N) is 1. The van der Waals surface area contributed by atoms with Crippen molar-refractivity contribution in [1.82, 2.24) is 4.98 Å². The van der Waals surface area contributed by atoms with Gasteiger partial charge < -0.3 is 10.6 Å². The molecule has 0 saturated carbocycles. The Labute approximate surface area is 317 Å². The van der Waals surface area contributed by atoms with E-state index in [0.717, 1.165) is 61.7 Å². The second-order valence-corrected chi connectivity index (χ2v) is 18.4. The molecular weight excluding hydrogens is 800 g/mol. The van der Waals surface area contributed by atoms with Crippen molar-refractivity contribution < 1.29 is 48.4 Å². The summed E-state index contributed by atoms with van der Waals surface area (Å²) in [7, 11) is -8.83. The molecule has 2 N–H and O–H groups in total. The zero-order valence-corrected chi connectivity index (χ0v) is 31.7. The Morgan fingerprint density at radius 3 is 1.63 bits per heavy atom. The van der Waals surface area contributed by atoms with Gasteiger partial charge in [0, 0.05) is 21.1 Å². The summed E-state index contributed by atoms with van der Waals surface area (Å²) < 4.78 is 114. The molecule has 9 nitrogen and oxygen atoms in total. The molecule has 5 aromatic rings. The smallest absolute Gasteiger partial charge is 0.325 e. The third kappa shape index (κ3) is 8.83. The molecular formula is C36H30Cl2F5N3O6S2. The molecule has 0 aliphatic carbocycles. The number of halogens is 7. The van der Waals surface area contributed by atoms with E-state index < -0.39 is 74.1 Å². The summed E-state index contributed by atoms with van der Waals surface area (Å²) in [5, 5.41) is 5.55. The van der Waals surface area contributed by atoms with Crippen molar-refractivity contribution in [3.63, 3.8) is 0 Å². The predicted molar refractivity (Wildman–Crippen MR) is 196 cm³/mol. The van der Waals surface area contributed by atoms with E-state index in [4.69, 9.17) is 23.2 Å². The minimum atomic E-state index is -4.63. The summed E-state index contributed by atoms with van der Waals surface area (Å²) in [6.07, 6.45) is -4.63. The number of alkyl halides is 3. The number of pyridine rings is 1. The van der Waals surface area contributed by atoms with E-state index >= 15 is 0 Å². The molecule has 1 aromatic heterocycles. The molecule has 0 aliphatic rings. The quantitative estimate of drug-likeness (QED) is 0.149. The fourth-order valence-electron chi connectivity index (χ4n) is 4.64. The highest BCUT2D eigenvalue weighted by Gasteiger charge is 2.45. The van der Waals surface area contributed by atoms with Crippen LogP contribution in [0.4, 0.5) is 33.5 Å². The van der Waals surface area contributed by atoms with Crippen molar-refractivity contribution in [2.45, 2.75) is 53.2 Å². The van der Waals surface area contributed by atoms with Crippen LogP contribution in [0.1, 0.15) is 33.3 Å². The molecule has 0 atom stereocenters. The molecule has 0 spiro atoms. The summed E-state index contributed by atoms with van der Waals surface area (Å²) in [6, 6.07) is 20.4. The molecule has 0 bridgehead atoms. The maximum atomic E-state index is 14.1. The van der Waals surface area contributed by atoms with Crippen molar-refractivity contribution in [3.8, 4) is 0 Å². The highest BCUT2D eigenvalue weighted by molar-refractivity contribution is 7.94. The predicted octanol–water partition coefficient (Wildman–Crippen LogP) is 8.91. The summed E-state index contributed by atoms with van der Waals surface area (Å²) in [6.45, 7) is 4.48. The van der Waals surface area contributed by atoms with Crippen molar-refractivity contribution in [1.29, 1.82) is 0 Å². The van der Waals surface area contributed by atoms with Crippen LogP contribution in [0.5, 0.6) is 0 Å². The fourth-order valence-corrected chi connectivity index (χ4v) is 7.77. The molecule has 0 unspecified atom stereocenters. The number of benzene rings is 4. The monoisotopic (exact) mass is 829 g/mol. The number of nitrogens with one attached hydrogen (secondary N) is 2. The first-order valence-corrected chi connectivity index (χ1v) is 19.2. The third-order valence-electron chi connectivity index (χ3n) is 8.09. The van der Waals surface area contributed by atoms with E-state index in [1.165, 1.54) is 26.0 Å². The van der Waals surface area contributed by atoms with E-state index in [9.17, 15) is 48.4 Å². The maximum absolute atomic E-state index is 14.1. The van der Waals surface area contributed by atoms with Crippen LogP contribution in [-0.4, -0.2) is 43.1 Å². The Kier molecular flexibility index (Phi) is 12.2. The minimum absolute atomic E-state index is 0.0299. The molecule has 0 fully saturated rings. The average Bonchev–Trinajstić information content (AvgIpc) is 3.07. The van der Waals surface area contributed by atoms with Gasteiger partial charge >= 0.3 is 6.18 Å². The maximum Gasteiger partial charge on any atom is 0.416 e. The molecule has 18 heteroatoms. The number of rotatable bonds is 8. The Bertz CT molecular complexity index is 2480. The number of carbonyl (C=O) groups is 2. The van der Waals surface area contributed by atoms with Crippen LogP contribution in [0.2, 0.25) is 10.0 Å². The molecule has 2 amide bonds. The molecule has 4 aromatic carbocycles. The largest absolute Gasteiger partial charge is 0.416 e. The van der Waals surface area contributed by atoms with Gasteiger partial charge in [-0.15, -0.1) is 0 Å². The van der Waals surface area contributed by atoms with Gasteiger partial charge in [-0.05, 0) is 100 Å². The van der Waals surface area contributed by atoms with E-state index in [0.29, 0.717) is 11.6 Å². The van der Waals surface area contributed by atoms with Gasteiger partial charge in [0.15, 0.2) is 19.7 Å². The molecule has 54 heavy (non-hydrogen) atoms. The van der Waals surface area contributed by atoms with Crippen LogP contribution in [0.25, 0.3) is 10.9 Å². The topological polar surface area (TPSA) is 139 Å². The van der Waals surface area contributed by atoms with Gasteiger partial charge in [0.25, 0.3) is 0 Å². The van der Waals surface area contributed by atoms with Gasteiger partial charge in [0.1, 0.15) is 36.7 Å². The standard InChI is InChI=1S/C19H16ClFN2O3S.C17H14ClF4NO3S/c1-19(2,27(25,26)16-9-8-13(20)11-14(16)21)18(24)23-17-10-7-12-5-3-4-6-15(12)22-17;1-16(2,27(25,26)14-7-6-11(18)9-13(14)19)15(24)23-12-5-3-4-10(8-12)17(20,21)22/h3-11H,1-2H3,(H,22,23,24);3-9H,1-2H3,(H,23,24). The molecule has 0 aliphatic heterocycles. The van der Waals surface area contributed by atoms with Gasteiger partial charge in [-0.1, -0.05) is 47.5 Å². The second kappa shape index (κ2) is 15.6. The number of anilines is 2. The highest BCUT2D eigenvalue weighted by atomic mass is 35.5. The van der Waals surface area contributed by atoms with E-state index in [2.05, 4.69) is 15.6 Å². The van der Waals surface area contributed by atoms with Crippen LogP contribution in [0.3, 0.4) is 0 Å². The second-order valence-electron chi connectivity index (χ2n) is 12.6. The normalized spacial score (nSPS) is 12.4. The molecule has 5 rings (SSSR count). The molecule has 0 saturated heterocycles. The summed E-state index contributed by atoms with van der Waals surface area (Å²) in [5.74, 6) is -3.87. The lowest BCUT2D eigenvalue weighted by Crippen LogP contribution is -2.44. The van der Waals surface area contributed by atoms with E-state index in [-0.39, 0.29) is 21.6 Å². The lowest BCUT2D eigenvalue weighted by molar-refractivity contribution is -0.137. The number of aromatic nitrogens is 1. The Hall–Kier alpha value is -4.64. The molecule has 0 radical (unpaired) electrons. The fraction of sp³-hybridized carbons (Fsp3) is 0.194. The number of hydrogen-bond donors (Lipinski definition) is 2. The number of sulfone groups is 2. The van der Waals surface area contributed by atoms with E-state index in [1.54, 1.807) is 24.3 Å². The SMILES string of the molecule is CC(C)(C(=O)Nc1ccc2ccccc2n1)S(=O)(=O)c1ccc(Cl)cc1F.CC(C)(C(=O)Nc1cccc(C(F)(F)F)c1)S(=O)(=O)c1ccc(Cl)cc1F. The zero-order valence-electron chi connectivity index (χ0n) is 28.6. The van der Waals surface area contributed by atoms with Crippen LogP contribution < -0.4 is 10.6 Å². The Morgan fingerprint density at radius 2 is 1.13 bits per heavy atom. The van der Waals surface area contributed by atoms with E-state index in [1.807, 2.05) is 12.1 Å². The zero-order chi connectivity index (χ0) is 40.4. The number of amides is 2. The van der Waals surface area contributed by atoms with Gasteiger partial charge in [-0.2, -0.15) is 13.2 Å². The number of carbonyl (C=O) groups excluding carboxylic acids is 2. The minimum Gasteiger partial charge on any atom is -0.325 e. The summed E-state index contributed by atoms with van der Waals surface area (Å²) >= 11 is 11.3. The summed E-state index contributed by atoms with van der Waals surface area (Å²) in [5.41, 5.74) is -0.598. The van der Waals surface area contributed by atoms with Crippen molar-refractivity contribution in [3.05, 3.63) is 124 Å². The van der Waals surface area contributed by atoms with Gasteiger partial charge in [0.2, 0.25) is 11.8 Å². The lowest BCUT2D eigenvalue weighted by Gasteiger charge is -2.24. The van der Waals surface area contributed by atoms with Crippen LogP contribution in [0, 0.1) is 11.6 Å². The molecule has 1 heterocycles. The van der Waals surface area contributed by atoms with Crippen molar-refractivity contribution in [2.24, 2.45) is 0 Å². The number of para-hydroxylation sites is 1. The van der Waals surface area contributed by atoms with Crippen molar-refractivity contribution in [2.75, 3.05) is 10.6 Å². The van der Waals surface area contributed by atoms with Gasteiger partial charge in [0.05, 0.1) is 11.1 Å². The first-order chi connectivity index (χ1) is 24.9. The first kappa shape index (κ1) is 42.1.